The molecule has 0 radical (unpaired) electrons. The Morgan fingerprint density at radius 1 is 1.36 bits per heavy atom. The van der Waals surface area contributed by atoms with E-state index in [-0.39, 0.29) is 5.91 Å². The molecule has 1 aliphatic carbocycles. The monoisotopic (exact) mass is 189 g/mol. The number of amides is 1. The second-order valence-electron chi connectivity index (χ2n) is 3.80. The van der Waals surface area contributed by atoms with Gasteiger partial charge in [-0.3, -0.25) is 4.79 Å². The van der Waals surface area contributed by atoms with Gasteiger partial charge in [-0.05, 0) is 36.5 Å². The summed E-state index contributed by atoms with van der Waals surface area (Å²) in [4.78, 5) is 11.1. The van der Waals surface area contributed by atoms with Gasteiger partial charge in [-0.2, -0.15) is 0 Å². The van der Waals surface area contributed by atoms with Crippen molar-refractivity contribution in [1.29, 1.82) is 0 Å². The number of carbonyl (C=O) groups is 1. The first-order valence-electron chi connectivity index (χ1n) is 5.19. The highest BCUT2D eigenvalue weighted by molar-refractivity contribution is 5.90. The maximum atomic E-state index is 11.1. The number of benzene rings is 1. The SMILES string of the molecule is CCC(=O)Nc1ccc(C2CC2)cc1. The third kappa shape index (κ3) is 2.13. The Kier molecular flexibility index (Phi) is 2.53. The fraction of sp³-hybridized carbons (Fsp3) is 0.417. The van der Waals surface area contributed by atoms with Gasteiger partial charge >= 0.3 is 0 Å². The zero-order valence-corrected chi connectivity index (χ0v) is 8.42. The Morgan fingerprint density at radius 2 is 2.00 bits per heavy atom. The lowest BCUT2D eigenvalue weighted by molar-refractivity contribution is -0.115. The summed E-state index contributed by atoms with van der Waals surface area (Å²) in [7, 11) is 0. The van der Waals surface area contributed by atoms with Crippen LogP contribution in [0.15, 0.2) is 24.3 Å². The Morgan fingerprint density at radius 3 is 2.50 bits per heavy atom. The average molecular weight is 189 g/mol. The van der Waals surface area contributed by atoms with Crippen molar-refractivity contribution >= 4 is 11.6 Å². The van der Waals surface area contributed by atoms with Crippen LogP contribution in [-0.4, -0.2) is 5.91 Å². The molecule has 0 aliphatic heterocycles. The molecule has 0 aromatic heterocycles. The van der Waals surface area contributed by atoms with E-state index in [4.69, 9.17) is 0 Å². The molecule has 2 rings (SSSR count). The number of carbonyl (C=O) groups excluding carboxylic acids is 1. The third-order valence-electron chi connectivity index (χ3n) is 2.56. The summed E-state index contributed by atoms with van der Waals surface area (Å²) in [6.45, 7) is 1.86. The van der Waals surface area contributed by atoms with Gasteiger partial charge < -0.3 is 5.32 Å². The topological polar surface area (TPSA) is 29.1 Å². The number of hydrogen-bond donors (Lipinski definition) is 1. The standard InChI is InChI=1S/C12H15NO/c1-2-12(14)13-11-7-5-10(6-8-11)9-3-4-9/h5-9H,2-4H2,1H3,(H,13,14). The molecule has 1 amide bonds. The number of nitrogens with one attached hydrogen (secondary N) is 1. The molecule has 1 aromatic rings. The predicted molar refractivity (Wildman–Crippen MR) is 57.3 cm³/mol. The van der Waals surface area contributed by atoms with Crippen LogP contribution in [0.1, 0.15) is 37.7 Å². The lowest BCUT2D eigenvalue weighted by Gasteiger charge is -2.04. The molecular formula is C12H15NO. The summed E-state index contributed by atoms with van der Waals surface area (Å²) in [6, 6.07) is 8.20. The van der Waals surface area contributed by atoms with Crippen LogP contribution in [-0.2, 0) is 4.79 Å². The molecular weight excluding hydrogens is 174 g/mol. The fourth-order valence-electron chi connectivity index (χ4n) is 1.50. The van der Waals surface area contributed by atoms with E-state index >= 15 is 0 Å². The molecule has 1 saturated carbocycles. The minimum atomic E-state index is 0.0733. The molecule has 1 N–H and O–H groups in total. The van der Waals surface area contributed by atoms with Gasteiger partial charge in [0.2, 0.25) is 5.91 Å². The first-order valence-corrected chi connectivity index (χ1v) is 5.19. The highest BCUT2D eigenvalue weighted by Gasteiger charge is 2.22. The van der Waals surface area contributed by atoms with Gasteiger partial charge in [0.15, 0.2) is 0 Å². The molecule has 1 aromatic carbocycles. The maximum Gasteiger partial charge on any atom is 0.224 e. The fourth-order valence-corrected chi connectivity index (χ4v) is 1.50. The second kappa shape index (κ2) is 3.82. The molecule has 0 heterocycles. The van der Waals surface area contributed by atoms with Gasteiger partial charge in [0, 0.05) is 12.1 Å². The van der Waals surface area contributed by atoms with E-state index in [1.165, 1.54) is 18.4 Å². The lowest BCUT2D eigenvalue weighted by Crippen LogP contribution is -2.09. The molecule has 2 heteroatoms. The summed E-state index contributed by atoms with van der Waals surface area (Å²) in [5.74, 6) is 0.857. The van der Waals surface area contributed by atoms with Crippen LogP contribution >= 0.6 is 0 Å². The molecule has 1 fully saturated rings. The number of hydrogen-bond acceptors (Lipinski definition) is 1. The normalized spacial score (nSPS) is 15.2. The number of rotatable bonds is 3. The summed E-state index contributed by atoms with van der Waals surface area (Å²) < 4.78 is 0. The van der Waals surface area contributed by atoms with Crippen LogP contribution in [0.4, 0.5) is 5.69 Å². The summed E-state index contributed by atoms with van der Waals surface area (Å²) in [5, 5.41) is 2.84. The van der Waals surface area contributed by atoms with Crippen LogP contribution < -0.4 is 5.32 Å². The zero-order chi connectivity index (χ0) is 9.97. The molecule has 14 heavy (non-hydrogen) atoms. The van der Waals surface area contributed by atoms with E-state index in [2.05, 4.69) is 17.4 Å². The van der Waals surface area contributed by atoms with Gasteiger partial charge in [-0.25, -0.2) is 0 Å². The van der Waals surface area contributed by atoms with Crippen molar-refractivity contribution < 1.29 is 4.79 Å². The predicted octanol–water partition coefficient (Wildman–Crippen LogP) is 2.91. The highest BCUT2D eigenvalue weighted by atomic mass is 16.1. The van der Waals surface area contributed by atoms with Crippen molar-refractivity contribution in [1.82, 2.24) is 0 Å². The van der Waals surface area contributed by atoms with Crippen LogP contribution in [0, 0.1) is 0 Å². The third-order valence-corrected chi connectivity index (χ3v) is 2.56. The highest BCUT2D eigenvalue weighted by Crippen LogP contribution is 2.40. The minimum absolute atomic E-state index is 0.0733. The average Bonchev–Trinajstić information content (AvgIpc) is 3.02. The van der Waals surface area contributed by atoms with Crippen LogP contribution in [0.2, 0.25) is 0 Å². The molecule has 0 unspecified atom stereocenters. The summed E-state index contributed by atoms with van der Waals surface area (Å²) in [6.07, 6.45) is 3.17. The van der Waals surface area contributed by atoms with Crippen molar-refractivity contribution in [3.8, 4) is 0 Å². The molecule has 2 nitrogen and oxygen atoms in total. The Hall–Kier alpha value is -1.31. The van der Waals surface area contributed by atoms with E-state index < -0.39 is 0 Å². The maximum absolute atomic E-state index is 11.1. The van der Waals surface area contributed by atoms with Crippen molar-refractivity contribution in [2.45, 2.75) is 32.1 Å². The Labute approximate surface area is 84.3 Å². The van der Waals surface area contributed by atoms with Crippen LogP contribution in [0.3, 0.4) is 0 Å². The van der Waals surface area contributed by atoms with E-state index in [0.717, 1.165) is 11.6 Å². The zero-order valence-electron chi connectivity index (χ0n) is 8.42. The van der Waals surface area contributed by atoms with Crippen molar-refractivity contribution in [3.05, 3.63) is 29.8 Å². The first-order chi connectivity index (χ1) is 6.79. The quantitative estimate of drug-likeness (QED) is 0.778. The molecule has 0 bridgehead atoms. The molecule has 74 valence electrons. The summed E-state index contributed by atoms with van der Waals surface area (Å²) >= 11 is 0. The van der Waals surface area contributed by atoms with Crippen LogP contribution in [0.5, 0.6) is 0 Å². The lowest BCUT2D eigenvalue weighted by atomic mass is 10.1. The van der Waals surface area contributed by atoms with E-state index in [1.54, 1.807) is 0 Å². The molecule has 0 spiro atoms. The molecule has 0 atom stereocenters. The Bertz CT molecular complexity index is 325. The largest absolute Gasteiger partial charge is 0.326 e. The number of anilines is 1. The van der Waals surface area contributed by atoms with E-state index in [0.29, 0.717) is 6.42 Å². The molecule has 1 aliphatic rings. The molecule has 0 saturated heterocycles. The van der Waals surface area contributed by atoms with Gasteiger partial charge in [-0.15, -0.1) is 0 Å². The van der Waals surface area contributed by atoms with Crippen LogP contribution in [0.25, 0.3) is 0 Å². The second-order valence-corrected chi connectivity index (χ2v) is 3.80. The van der Waals surface area contributed by atoms with E-state index in [1.807, 2.05) is 19.1 Å². The summed E-state index contributed by atoms with van der Waals surface area (Å²) in [5.41, 5.74) is 2.31. The van der Waals surface area contributed by atoms with Crippen molar-refractivity contribution in [2.75, 3.05) is 5.32 Å². The Balaban J connectivity index is 2.02. The minimum Gasteiger partial charge on any atom is -0.326 e. The first kappa shape index (κ1) is 9.25. The van der Waals surface area contributed by atoms with Crippen molar-refractivity contribution in [3.63, 3.8) is 0 Å². The van der Waals surface area contributed by atoms with Crippen molar-refractivity contribution in [2.24, 2.45) is 0 Å². The van der Waals surface area contributed by atoms with E-state index in [9.17, 15) is 4.79 Å². The van der Waals surface area contributed by atoms with Gasteiger partial charge in [-0.1, -0.05) is 19.1 Å². The van der Waals surface area contributed by atoms with Gasteiger partial charge in [0.25, 0.3) is 0 Å². The van der Waals surface area contributed by atoms with Gasteiger partial charge in [0.05, 0.1) is 0 Å². The van der Waals surface area contributed by atoms with Gasteiger partial charge in [0.1, 0.15) is 0 Å². The smallest absolute Gasteiger partial charge is 0.224 e.